The molecule has 27 heavy (non-hydrogen) atoms. The van der Waals surface area contributed by atoms with Crippen molar-refractivity contribution in [3.8, 4) is 16.7 Å². The van der Waals surface area contributed by atoms with Crippen LogP contribution in [0.4, 0.5) is 8.78 Å². The molecule has 0 bridgehead atoms. The second-order valence-corrected chi connectivity index (χ2v) is 4.86. The first-order valence-electron chi connectivity index (χ1n) is 7.32. The van der Waals surface area contributed by atoms with Crippen LogP contribution < -0.4 is 0 Å². The van der Waals surface area contributed by atoms with Crippen LogP contribution in [-0.4, -0.2) is 11.7 Å². The third kappa shape index (κ3) is 9.66. The molecule has 0 radical (unpaired) electrons. The predicted octanol–water partition coefficient (Wildman–Crippen LogP) is 4.60. The van der Waals surface area contributed by atoms with E-state index in [9.17, 15) is 8.78 Å². The van der Waals surface area contributed by atoms with Crippen molar-refractivity contribution in [1.29, 1.82) is 5.26 Å². The number of halogens is 2. The summed E-state index contributed by atoms with van der Waals surface area (Å²) in [6.45, 7) is 5.60. The largest absolute Gasteiger partial charge is 3.00 e. The van der Waals surface area contributed by atoms with Crippen LogP contribution in [0.15, 0.2) is 71.9 Å². The van der Waals surface area contributed by atoms with E-state index in [4.69, 9.17) is 12.0 Å². The second kappa shape index (κ2) is 14.6. The number of thiocyanates is 1. The van der Waals surface area contributed by atoms with E-state index < -0.39 is 11.6 Å². The average Bonchev–Trinajstić information content (AvgIpc) is 2.65. The normalized spacial score (nSPS) is 8.48. The first-order chi connectivity index (χ1) is 12.6. The molecule has 1 heterocycles. The molecule has 0 saturated carbocycles. The van der Waals surface area contributed by atoms with E-state index in [0.29, 0.717) is 12.2 Å². The molecule has 0 aliphatic rings. The molecule has 0 spiro atoms. The molecule has 0 atom stereocenters. The van der Waals surface area contributed by atoms with Gasteiger partial charge in [-0.3, -0.25) is 8.78 Å². The first-order valence-corrected chi connectivity index (χ1v) is 7.73. The zero-order chi connectivity index (χ0) is 19.2. The van der Waals surface area contributed by atoms with Crippen molar-refractivity contribution in [3.05, 3.63) is 90.1 Å². The van der Waals surface area contributed by atoms with Gasteiger partial charge < -0.3 is 29.3 Å². The topological polar surface area (TPSA) is 49.0 Å². The van der Waals surface area contributed by atoms with Crippen molar-refractivity contribution in [2.75, 3.05) is 0 Å². The van der Waals surface area contributed by atoms with Crippen LogP contribution in [0.1, 0.15) is 5.56 Å². The van der Waals surface area contributed by atoms with Gasteiger partial charge in [0.05, 0.1) is 0 Å². The number of nitrogens with zero attached hydrogens (tertiary/aromatic N) is 3. The minimum Gasteiger partial charge on any atom is -0.696 e. The quantitative estimate of drug-likeness (QED) is 0.204. The van der Waals surface area contributed by atoms with Crippen LogP contribution in [0.25, 0.3) is 11.3 Å². The summed E-state index contributed by atoms with van der Waals surface area (Å²) in [6, 6.07) is 19.4. The Kier molecular flexibility index (Phi) is 13.3. The summed E-state index contributed by atoms with van der Waals surface area (Å²) in [5.41, 5.74) is 1.79. The van der Waals surface area contributed by atoms with E-state index in [2.05, 4.69) is 28.7 Å². The molecule has 0 saturated heterocycles. The predicted molar refractivity (Wildman–Crippen MR) is 100 cm³/mol. The summed E-state index contributed by atoms with van der Waals surface area (Å²) in [7, 11) is 0. The molecule has 0 amide bonds. The molecule has 1 aromatic heterocycles. The van der Waals surface area contributed by atoms with Crippen molar-refractivity contribution in [2.45, 2.75) is 6.54 Å². The standard InChI is InChI=1S/C11H6F2N.C8H8N.CHNS.Ir/c12-8-4-5-9(10(13)7-8)11-3-1-2-6-14-11;1-9-7-8-5-3-2-4-6-8;2-1-3;/h1-4,6-7H;1-6H,7H2;3H;/q2*-1;;+3/p-1. The maximum atomic E-state index is 13.2. The Morgan fingerprint density at radius 2 is 1.78 bits per heavy atom. The maximum Gasteiger partial charge on any atom is 3.00 e. The Hall–Kier alpha value is -2.52. The Morgan fingerprint density at radius 1 is 1.15 bits per heavy atom. The molecule has 0 aliphatic heterocycles. The smallest absolute Gasteiger partial charge is 0.696 e. The summed E-state index contributed by atoms with van der Waals surface area (Å²) in [5.74, 6) is -1.29. The van der Waals surface area contributed by atoms with E-state index in [0.717, 1.165) is 17.7 Å². The zero-order valence-corrected chi connectivity index (χ0v) is 17.2. The van der Waals surface area contributed by atoms with Gasteiger partial charge in [-0.2, -0.15) is 0 Å². The van der Waals surface area contributed by atoms with Gasteiger partial charge in [-0.25, -0.2) is 5.26 Å². The summed E-state index contributed by atoms with van der Waals surface area (Å²) >= 11 is 3.70. The van der Waals surface area contributed by atoms with Gasteiger partial charge in [0.15, 0.2) is 0 Å². The molecule has 0 fully saturated rings. The molecular formula is C20H14F2IrN3S. The molecule has 3 nitrogen and oxygen atoms in total. The van der Waals surface area contributed by atoms with Gasteiger partial charge in [0, 0.05) is 24.4 Å². The van der Waals surface area contributed by atoms with Crippen LogP contribution >= 0.6 is 0 Å². The Morgan fingerprint density at radius 3 is 2.30 bits per heavy atom. The van der Waals surface area contributed by atoms with Gasteiger partial charge in [-0.1, -0.05) is 59.5 Å². The second-order valence-electron chi connectivity index (χ2n) is 4.67. The summed E-state index contributed by atoms with van der Waals surface area (Å²) < 4.78 is 25.8. The first kappa shape index (κ1) is 24.5. The number of hydrogen-bond acceptors (Lipinski definition) is 4. The molecular weight excluding hydrogens is 545 g/mol. The number of aliphatic imine (C=N–C) groups is 1. The van der Waals surface area contributed by atoms with Gasteiger partial charge in [-0.05, 0) is 17.3 Å². The van der Waals surface area contributed by atoms with Gasteiger partial charge in [0.1, 0.15) is 0 Å². The summed E-state index contributed by atoms with van der Waals surface area (Å²) in [5, 5.41) is 8.47. The third-order valence-electron chi connectivity index (χ3n) is 2.90. The maximum absolute atomic E-state index is 13.2. The molecule has 0 N–H and O–H groups in total. The fraction of sp³-hybridized carbons (Fsp3) is 0.0500. The number of benzene rings is 2. The SMILES string of the molecule is Fc1c[c-]c(-c2ccccn2)c(F)c1.N#C[S-].[CH-]=NCc1ccccc1.[Ir+3]. The monoisotopic (exact) mass is 559 g/mol. The zero-order valence-electron chi connectivity index (χ0n) is 14.0. The number of aromatic nitrogens is 1. The fourth-order valence-corrected chi connectivity index (χ4v) is 1.84. The van der Waals surface area contributed by atoms with Crippen molar-refractivity contribution < 1.29 is 28.9 Å². The van der Waals surface area contributed by atoms with E-state index >= 15 is 0 Å². The molecule has 0 aliphatic carbocycles. The van der Waals surface area contributed by atoms with Crippen LogP contribution in [0.3, 0.4) is 0 Å². The Balaban J connectivity index is 0.000000452. The molecule has 7 heteroatoms. The average molecular weight is 559 g/mol. The number of pyridine rings is 1. The van der Waals surface area contributed by atoms with E-state index in [1.165, 1.54) is 5.40 Å². The molecule has 138 valence electrons. The minimum absolute atomic E-state index is 0. The van der Waals surface area contributed by atoms with Gasteiger partial charge >= 0.3 is 20.1 Å². The van der Waals surface area contributed by atoms with E-state index in [1.54, 1.807) is 24.4 Å². The molecule has 2 aromatic carbocycles. The molecule has 3 aromatic rings. The number of rotatable bonds is 3. The minimum atomic E-state index is -0.649. The van der Waals surface area contributed by atoms with Crippen molar-refractivity contribution in [1.82, 2.24) is 4.98 Å². The molecule has 3 rings (SSSR count). The van der Waals surface area contributed by atoms with Crippen molar-refractivity contribution in [3.63, 3.8) is 0 Å². The number of hydrogen-bond donors (Lipinski definition) is 0. The van der Waals surface area contributed by atoms with Crippen LogP contribution in [0, 0.1) is 28.4 Å². The summed E-state index contributed by atoms with van der Waals surface area (Å²) in [4.78, 5) is 7.45. The summed E-state index contributed by atoms with van der Waals surface area (Å²) in [6.07, 6.45) is 1.55. The van der Waals surface area contributed by atoms with Gasteiger partial charge in [0.25, 0.3) is 0 Å². The molecule has 0 unspecified atom stereocenters. The van der Waals surface area contributed by atoms with Crippen molar-refractivity contribution >= 4 is 19.3 Å². The number of nitriles is 1. The van der Waals surface area contributed by atoms with Gasteiger partial charge in [-0.15, -0.1) is 12.1 Å². The Labute approximate surface area is 176 Å². The van der Waals surface area contributed by atoms with Crippen LogP contribution in [-0.2, 0) is 39.3 Å². The third-order valence-corrected chi connectivity index (χ3v) is 2.90. The Bertz CT molecular complexity index is 841. The van der Waals surface area contributed by atoms with E-state index in [-0.39, 0.29) is 25.7 Å². The fourth-order valence-electron chi connectivity index (χ4n) is 1.84. The van der Waals surface area contributed by atoms with Crippen LogP contribution in [0.5, 0.6) is 0 Å². The van der Waals surface area contributed by atoms with Crippen LogP contribution in [0.2, 0.25) is 0 Å². The van der Waals surface area contributed by atoms with E-state index in [1.807, 2.05) is 30.3 Å². The van der Waals surface area contributed by atoms with Crippen molar-refractivity contribution in [2.24, 2.45) is 4.99 Å². The van der Waals surface area contributed by atoms with Gasteiger partial charge in [0.2, 0.25) is 0 Å².